The lowest BCUT2D eigenvalue weighted by atomic mass is 9.98. The molecule has 0 fully saturated rings. The molecule has 0 aliphatic heterocycles. The van der Waals surface area contributed by atoms with Crippen LogP contribution < -0.4 is 5.32 Å². The molecule has 0 aliphatic carbocycles. The van der Waals surface area contributed by atoms with Gasteiger partial charge in [0.1, 0.15) is 0 Å². The van der Waals surface area contributed by atoms with Crippen molar-refractivity contribution in [1.29, 1.82) is 0 Å². The molecular formula is C22H18N2O3. The molecule has 5 heteroatoms. The Morgan fingerprint density at radius 3 is 2.04 bits per heavy atom. The van der Waals surface area contributed by atoms with Crippen LogP contribution >= 0.6 is 0 Å². The fraction of sp³-hybridized carbons (Fsp3) is 0.0455. The van der Waals surface area contributed by atoms with Crippen molar-refractivity contribution >= 4 is 17.7 Å². The normalized spacial score (nSPS) is 10.9. The van der Waals surface area contributed by atoms with Crippen LogP contribution in [-0.2, 0) is 4.79 Å². The average molecular weight is 358 g/mol. The van der Waals surface area contributed by atoms with E-state index in [1.165, 1.54) is 18.2 Å². The van der Waals surface area contributed by atoms with Gasteiger partial charge in [0.25, 0.3) is 5.69 Å². The van der Waals surface area contributed by atoms with E-state index < -0.39 is 4.92 Å². The van der Waals surface area contributed by atoms with Crippen molar-refractivity contribution in [1.82, 2.24) is 5.32 Å². The second-order valence-electron chi connectivity index (χ2n) is 5.95. The molecule has 1 N–H and O–H groups in total. The van der Waals surface area contributed by atoms with Gasteiger partial charge in [0.05, 0.1) is 11.0 Å². The number of amides is 1. The van der Waals surface area contributed by atoms with Gasteiger partial charge in [-0.15, -0.1) is 0 Å². The van der Waals surface area contributed by atoms with Gasteiger partial charge in [0, 0.05) is 18.2 Å². The molecule has 0 spiro atoms. The summed E-state index contributed by atoms with van der Waals surface area (Å²) in [5, 5.41) is 13.9. The third-order valence-corrected chi connectivity index (χ3v) is 4.06. The summed E-state index contributed by atoms with van der Waals surface area (Å²) in [5.41, 5.74) is 2.53. The number of nitro groups is 1. The van der Waals surface area contributed by atoms with Crippen molar-refractivity contribution in [2.24, 2.45) is 0 Å². The zero-order valence-corrected chi connectivity index (χ0v) is 14.5. The molecule has 0 aromatic heterocycles. The van der Waals surface area contributed by atoms with Crippen molar-refractivity contribution in [3.05, 3.63) is 118 Å². The lowest BCUT2D eigenvalue weighted by Crippen LogP contribution is -2.27. The molecule has 1 amide bonds. The molecule has 0 unspecified atom stereocenters. The fourth-order valence-corrected chi connectivity index (χ4v) is 2.75. The van der Waals surface area contributed by atoms with Crippen LogP contribution in [0.1, 0.15) is 22.7 Å². The van der Waals surface area contributed by atoms with Crippen molar-refractivity contribution in [2.45, 2.75) is 6.04 Å². The van der Waals surface area contributed by atoms with Gasteiger partial charge in [-0.25, -0.2) is 0 Å². The molecule has 3 aromatic carbocycles. The monoisotopic (exact) mass is 358 g/mol. The number of benzene rings is 3. The van der Waals surface area contributed by atoms with E-state index in [4.69, 9.17) is 0 Å². The highest BCUT2D eigenvalue weighted by molar-refractivity contribution is 5.92. The third-order valence-electron chi connectivity index (χ3n) is 4.06. The van der Waals surface area contributed by atoms with Gasteiger partial charge < -0.3 is 5.32 Å². The molecule has 5 nitrogen and oxygen atoms in total. The Morgan fingerprint density at radius 1 is 0.889 bits per heavy atom. The van der Waals surface area contributed by atoms with Crippen molar-refractivity contribution < 1.29 is 9.72 Å². The molecule has 0 radical (unpaired) electrons. The molecule has 3 rings (SSSR count). The van der Waals surface area contributed by atoms with Crippen LogP contribution in [0, 0.1) is 10.1 Å². The molecular weight excluding hydrogens is 340 g/mol. The van der Waals surface area contributed by atoms with Gasteiger partial charge in [-0.3, -0.25) is 14.9 Å². The van der Waals surface area contributed by atoms with Gasteiger partial charge in [-0.1, -0.05) is 72.8 Å². The smallest absolute Gasteiger partial charge is 0.270 e. The molecule has 27 heavy (non-hydrogen) atoms. The van der Waals surface area contributed by atoms with E-state index in [9.17, 15) is 14.9 Å². The van der Waals surface area contributed by atoms with Crippen LogP contribution in [0.15, 0.2) is 91.0 Å². The van der Waals surface area contributed by atoms with Crippen LogP contribution in [0.2, 0.25) is 0 Å². The summed E-state index contributed by atoms with van der Waals surface area (Å²) in [4.78, 5) is 22.9. The number of rotatable bonds is 6. The fourth-order valence-electron chi connectivity index (χ4n) is 2.75. The second kappa shape index (κ2) is 8.58. The molecule has 134 valence electrons. The lowest BCUT2D eigenvalue weighted by Gasteiger charge is -2.19. The number of hydrogen-bond donors (Lipinski definition) is 1. The predicted molar refractivity (Wildman–Crippen MR) is 105 cm³/mol. The summed E-state index contributed by atoms with van der Waals surface area (Å²) < 4.78 is 0. The van der Waals surface area contributed by atoms with Crippen LogP contribution in [0.4, 0.5) is 5.69 Å². The lowest BCUT2D eigenvalue weighted by molar-refractivity contribution is -0.384. The topological polar surface area (TPSA) is 72.2 Å². The van der Waals surface area contributed by atoms with Gasteiger partial charge in [-0.05, 0) is 22.8 Å². The highest BCUT2D eigenvalue weighted by Gasteiger charge is 2.15. The summed E-state index contributed by atoms with van der Waals surface area (Å²) in [5.74, 6) is -0.279. The van der Waals surface area contributed by atoms with Crippen LogP contribution in [0.25, 0.3) is 6.08 Å². The average Bonchev–Trinajstić information content (AvgIpc) is 2.72. The first kappa shape index (κ1) is 18.1. The first-order valence-corrected chi connectivity index (χ1v) is 8.46. The van der Waals surface area contributed by atoms with Crippen LogP contribution in [0.3, 0.4) is 0 Å². The van der Waals surface area contributed by atoms with Crippen LogP contribution in [0.5, 0.6) is 0 Å². The van der Waals surface area contributed by atoms with Crippen LogP contribution in [-0.4, -0.2) is 10.8 Å². The highest BCUT2D eigenvalue weighted by Crippen LogP contribution is 2.22. The zero-order chi connectivity index (χ0) is 19.1. The predicted octanol–water partition coefficient (Wildman–Crippen LogP) is 4.51. The van der Waals surface area contributed by atoms with E-state index in [-0.39, 0.29) is 17.6 Å². The summed E-state index contributed by atoms with van der Waals surface area (Å²) >= 11 is 0. The molecule has 0 bridgehead atoms. The molecule has 0 atom stereocenters. The van der Waals surface area contributed by atoms with E-state index in [0.717, 1.165) is 11.1 Å². The summed E-state index contributed by atoms with van der Waals surface area (Å²) in [6, 6.07) is 25.3. The Bertz CT molecular complexity index is 914. The second-order valence-corrected chi connectivity index (χ2v) is 5.95. The molecule has 0 aliphatic rings. The molecule has 0 saturated heterocycles. The quantitative estimate of drug-likeness (QED) is 0.400. The number of nitro benzene ring substituents is 1. The Hall–Kier alpha value is -3.73. The SMILES string of the molecule is O=C(C=Cc1cccc([N+](=O)[O-])c1)NC(c1ccccc1)c1ccccc1. The maximum Gasteiger partial charge on any atom is 0.270 e. The number of non-ortho nitro benzene ring substituents is 1. The minimum absolute atomic E-state index is 0.0102. The Labute approximate surface area is 157 Å². The van der Waals surface area contributed by atoms with E-state index >= 15 is 0 Å². The maximum atomic E-state index is 12.5. The summed E-state index contributed by atoms with van der Waals surface area (Å²) in [6.45, 7) is 0. The van der Waals surface area contributed by atoms with Crippen molar-refractivity contribution in [3.8, 4) is 0 Å². The highest BCUT2D eigenvalue weighted by atomic mass is 16.6. The molecule has 3 aromatic rings. The van der Waals surface area contributed by atoms with Gasteiger partial charge in [0.2, 0.25) is 5.91 Å². The van der Waals surface area contributed by atoms with Crippen molar-refractivity contribution in [2.75, 3.05) is 0 Å². The zero-order valence-electron chi connectivity index (χ0n) is 14.5. The summed E-state index contributed by atoms with van der Waals surface area (Å²) in [6.07, 6.45) is 2.95. The Kier molecular flexibility index (Phi) is 5.74. The van der Waals surface area contributed by atoms with Crippen molar-refractivity contribution in [3.63, 3.8) is 0 Å². The number of nitrogens with one attached hydrogen (secondary N) is 1. The summed E-state index contributed by atoms with van der Waals surface area (Å²) in [7, 11) is 0. The number of carbonyl (C=O) groups is 1. The minimum Gasteiger partial charge on any atom is -0.342 e. The standard InChI is InChI=1S/C22H18N2O3/c25-21(15-14-17-8-7-13-20(16-17)24(26)27)23-22(18-9-3-1-4-10-18)19-11-5-2-6-12-19/h1-16,22H,(H,23,25). The molecule has 0 heterocycles. The number of carbonyl (C=O) groups excluding carboxylic acids is 1. The van der Waals surface area contributed by atoms with E-state index in [0.29, 0.717) is 5.56 Å². The first-order chi connectivity index (χ1) is 13.1. The first-order valence-electron chi connectivity index (χ1n) is 8.46. The van der Waals surface area contributed by atoms with E-state index in [1.54, 1.807) is 18.2 Å². The number of nitrogens with zero attached hydrogens (tertiary/aromatic N) is 1. The number of hydrogen-bond acceptors (Lipinski definition) is 3. The Morgan fingerprint density at radius 2 is 1.48 bits per heavy atom. The molecule has 0 saturated carbocycles. The van der Waals surface area contributed by atoms with Gasteiger partial charge >= 0.3 is 0 Å². The maximum absolute atomic E-state index is 12.5. The minimum atomic E-state index is -0.460. The van der Waals surface area contributed by atoms with E-state index in [2.05, 4.69) is 5.32 Å². The van der Waals surface area contributed by atoms with Gasteiger partial charge in [-0.2, -0.15) is 0 Å². The van der Waals surface area contributed by atoms with Gasteiger partial charge in [0.15, 0.2) is 0 Å². The Balaban J connectivity index is 1.79. The third kappa shape index (κ3) is 4.89. The van der Waals surface area contributed by atoms with E-state index in [1.807, 2.05) is 60.7 Å². The largest absolute Gasteiger partial charge is 0.342 e.